The molecule has 0 aromatic carbocycles. The van der Waals surface area contributed by atoms with Crippen LogP contribution in [0.3, 0.4) is 0 Å². The predicted molar refractivity (Wildman–Crippen MR) is 71.1 cm³/mol. The van der Waals surface area contributed by atoms with Gasteiger partial charge in [-0.15, -0.1) is 11.6 Å². The molecule has 0 aromatic heterocycles. The van der Waals surface area contributed by atoms with Crippen LogP contribution in [0.2, 0.25) is 0 Å². The number of alkyl halides is 1. The Morgan fingerprint density at radius 3 is 2.31 bits per heavy atom. The van der Waals surface area contributed by atoms with E-state index in [1.807, 2.05) is 0 Å². The van der Waals surface area contributed by atoms with E-state index in [1.165, 1.54) is 70.9 Å². The largest absolute Gasteiger partial charge is 0.299 e. The summed E-state index contributed by atoms with van der Waals surface area (Å²) in [6.07, 6.45) is 12.8. The van der Waals surface area contributed by atoms with Crippen molar-refractivity contribution < 1.29 is 0 Å². The minimum Gasteiger partial charge on any atom is -0.299 e. The van der Waals surface area contributed by atoms with E-state index in [1.54, 1.807) is 0 Å². The Morgan fingerprint density at radius 2 is 1.56 bits per heavy atom. The summed E-state index contributed by atoms with van der Waals surface area (Å²) in [5, 5.41) is 0. The normalized spacial score (nSPS) is 30.2. The van der Waals surface area contributed by atoms with Gasteiger partial charge < -0.3 is 0 Å². The molecule has 1 unspecified atom stereocenters. The van der Waals surface area contributed by atoms with Crippen LogP contribution < -0.4 is 0 Å². The summed E-state index contributed by atoms with van der Waals surface area (Å²) < 4.78 is 0. The fourth-order valence-electron chi connectivity index (χ4n) is 3.35. The molecule has 1 nitrogen and oxygen atoms in total. The van der Waals surface area contributed by atoms with Crippen molar-refractivity contribution in [2.24, 2.45) is 5.92 Å². The molecule has 1 heterocycles. The number of hydrogen-bond acceptors (Lipinski definition) is 1. The van der Waals surface area contributed by atoms with Crippen molar-refractivity contribution >= 4 is 11.6 Å². The third-order valence-corrected chi connectivity index (χ3v) is 4.75. The van der Waals surface area contributed by atoms with Gasteiger partial charge in [0.05, 0.1) is 0 Å². The molecule has 2 fully saturated rings. The van der Waals surface area contributed by atoms with E-state index < -0.39 is 0 Å². The molecule has 16 heavy (non-hydrogen) atoms. The van der Waals surface area contributed by atoms with E-state index in [0.717, 1.165) is 11.8 Å². The summed E-state index contributed by atoms with van der Waals surface area (Å²) >= 11 is 6.12. The number of nitrogens with zero attached hydrogens (tertiary/aromatic N) is 1. The minimum absolute atomic E-state index is 0.672. The zero-order valence-corrected chi connectivity index (χ0v) is 11.2. The third-order valence-electron chi connectivity index (χ3n) is 4.39. The molecule has 0 bridgehead atoms. The molecule has 2 aliphatic rings. The average Bonchev–Trinajstić information content (AvgIpc) is 2.55. The van der Waals surface area contributed by atoms with E-state index >= 15 is 0 Å². The van der Waals surface area contributed by atoms with Gasteiger partial charge in [-0.05, 0) is 38.1 Å². The van der Waals surface area contributed by atoms with E-state index in [0.29, 0.717) is 6.04 Å². The van der Waals surface area contributed by atoms with Crippen LogP contribution in [0.1, 0.15) is 57.8 Å². The molecular weight excluding hydrogens is 218 g/mol. The van der Waals surface area contributed by atoms with Gasteiger partial charge in [-0.25, -0.2) is 0 Å². The van der Waals surface area contributed by atoms with Crippen LogP contribution in [-0.4, -0.2) is 29.9 Å². The van der Waals surface area contributed by atoms with Crippen LogP contribution in [-0.2, 0) is 0 Å². The van der Waals surface area contributed by atoms with Crippen LogP contribution in [0, 0.1) is 5.92 Å². The summed E-state index contributed by atoms with van der Waals surface area (Å²) in [4.78, 5) is 2.70. The lowest BCUT2D eigenvalue weighted by Crippen LogP contribution is -2.40. The first-order valence-corrected chi connectivity index (χ1v) is 7.73. The second kappa shape index (κ2) is 6.86. The van der Waals surface area contributed by atoms with E-state index in [-0.39, 0.29) is 0 Å². The Labute approximate surface area is 106 Å². The molecular formula is C14H26ClN. The second-order valence-electron chi connectivity index (χ2n) is 5.66. The Hall–Kier alpha value is 0.250. The van der Waals surface area contributed by atoms with Crippen molar-refractivity contribution in [1.82, 2.24) is 4.90 Å². The zero-order chi connectivity index (χ0) is 11.2. The first-order valence-electron chi connectivity index (χ1n) is 7.20. The quantitative estimate of drug-likeness (QED) is 0.676. The summed E-state index contributed by atoms with van der Waals surface area (Å²) in [5.74, 6) is 1.81. The smallest absolute Gasteiger partial charge is 0.0379 e. The van der Waals surface area contributed by atoms with Gasteiger partial charge in [0.25, 0.3) is 0 Å². The summed E-state index contributed by atoms with van der Waals surface area (Å²) in [5.41, 5.74) is 0. The van der Waals surface area contributed by atoms with E-state index in [9.17, 15) is 0 Å². The van der Waals surface area contributed by atoms with Gasteiger partial charge in [-0.2, -0.15) is 0 Å². The van der Waals surface area contributed by atoms with Gasteiger partial charge in [0.1, 0.15) is 0 Å². The van der Waals surface area contributed by atoms with Gasteiger partial charge in [-0.1, -0.05) is 32.1 Å². The van der Waals surface area contributed by atoms with Crippen LogP contribution in [0.4, 0.5) is 0 Å². The van der Waals surface area contributed by atoms with Crippen LogP contribution in [0.25, 0.3) is 0 Å². The molecule has 1 saturated carbocycles. The first kappa shape index (κ1) is 12.7. The van der Waals surface area contributed by atoms with Gasteiger partial charge >= 0.3 is 0 Å². The van der Waals surface area contributed by atoms with Gasteiger partial charge in [-0.3, -0.25) is 4.90 Å². The lowest BCUT2D eigenvalue weighted by molar-refractivity contribution is 0.162. The van der Waals surface area contributed by atoms with Gasteiger partial charge in [0, 0.05) is 18.5 Å². The number of halogens is 1. The number of likely N-dealkylation sites (tertiary alicyclic amines) is 1. The molecule has 0 radical (unpaired) electrons. The fourth-order valence-corrected chi connectivity index (χ4v) is 3.70. The molecule has 0 aromatic rings. The lowest BCUT2D eigenvalue weighted by atomic mass is 9.88. The molecule has 94 valence electrons. The Bertz CT molecular complexity index is 189. The Morgan fingerprint density at radius 1 is 0.875 bits per heavy atom. The average molecular weight is 244 g/mol. The van der Waals surface area contributed by atoms with Crippen molar-refractivity contribution in [3.63, 3.8) is 0 Å². The highest BCUT2D eigenvalue weighted by Crippen LogP contribution is 2.27. The summed E-state index contributed by atoms with van der Waals surface area (Å²) in [7, 11) is 0. The lowest BCUT2D eigenvalue weighted by Gasteiger charge is -2.33. The minimum atomic E-state index is 0.672. The fraction of sp³-hybridized carbons (Fsp3) is 1.00. The molecule has 1 atom stereocenters. The van der Waals surface area contributed by atoms with Crippen molar-refractivity contribution in [3.05, 3.63) is 0 Å². The molecule has 0 N–H and O–H groups in total. The predicted octanol–water partition coefficient (Wildman–Crippen LogP) is 4.05. The molecule has 1 aliphatic carbocycles. The number of rotatable bonds is 3. The molecule has 1 aliphatic heterocycles. The van der Waals surface area contributed by atoms with Crippen LogP contribution >= 0.6 is 11.6 Å². The highest BCUT2D eigenvalue weighted by Gasteiger charge is 2.23. The zero-order valence-electron chi connectivity index (χ0n) is 10.5. The van der Waals surface area contributed by atoms with Crippen LogP contribution in [0.5, 0.6) is 0 Å². The van der Waals surface area contributed by atoms with Crippen molar-refractivity contribution in [1.29, 1.82) is 0 Å². The summed E-state index contributed by atoms with van der Waals surface area (Å²) in [6, 6.07) is 0.672. The second-order valence-corrected chi connectivity index (χ2v) is 5.97. The van der Waals surface area contributed by atoms with E-state index in [2.05, 4.69) is 4.90 Å². The third kappa shape index (κ3) is 3.63. The van der Waals surface area contributed by atoms with Crippen LogP contribution in [0.15, 0.2) is 0 Å². The molecule has 1 saturated heterocycles. The first-order chi connectivity index (χ1) is 7.90. The maximum atomic E-state index is 6.12. The van der Waals surface area contributed by atoms with Gasteiger partial charge in [0.2, 0.25) is 0 Å². The van der Waals surface area contributed by atoms with Gasteiger partial charge in [0.15, 0.2) is 0 Å². The molecule has 0 amide bonds. The van der Waals surface area contributed by atoms with Crippen molar-refractivity contribution in [2.75, 3.05) is 19.0 Å². The Kier molecular flexibility index (Phi) is 5.44. The summed E-state index contributed by atoms with van der Waals surface area (Å²) in [6.45, 7) is 2.63. The topological polar surface area (TPSA) is 3.24 Å². The molecule has 2 heteroatoms. The van der Waals surface area contributed by atoms with Crippen molar-refractivity contribution in [2.45, 2.75) is 63.8 Å². The highest BCUT2D eigenvalue weighted by atomic mass is 35.5. The molecule has 2 rings (SSSR count). The monoisotopic (exact) mass is 243 g/mol. The Balaban J connectivity index is 1.83. The standard InChI is InChI=1S/C14H26ClN/c15-11-14-9-5-2-6-10-16(14)12-13-7-3-1-4-8-13/h13-14H,1-12H2. The maximum Gasteiger partial charge on any atom is 0.0379 e. The number of hydrogen-bond donors (Lipinski definition) is 0. The SMILES string of the molecule is ClCC1CCCCCN1CC1CCCCC1. The maximum absolute atomic E-state index is 6.12. The van der Waals surface area contributed by atoms with E-state index in [4.69, 9.17) is 11.6 Å². The van der Waals surface area contributed by atoms with Crippen molar-refractivity contribution in [3.8, 4) is 0 Å². The highest BCUT2D eigenvalue weighted by molar-refractivity contribution is 6.18. The molecule has 0 spiro atoms.